The molecule has 0 spiro atoms. The molecule has 0 saturated heterocycles. The number of hydrogen-bond acceptors (Lipinski definition) is 4. The molecule has 6 heteroatoms. The third-order valence-corrected chi connectivity index (χ3v) is 2.76. The number of amides is 1. The Balaban J connectivity index is 2.38. The van der Waals surface area contributed by atoms with Crippen molar-refractivity contribution in [3.05, 3.63) is 0 Å². The fourth-order valence-corrected chi connectivity index (χ4v) is 2.03. The second-order valence-electron chi connectivity index (χ2n) is 3.08. The van der Waals surface area contributed by atoms with Crippen LogP contribution in [0, 0.1) is 0 Å². The number of hydrogen-bond donors (Lipinski definition) is 1. The van der Waals surface area contributed by atoms with Crippen molar-refractivity contribution < 1.29 is 14.0 Å². The smallest absolute Gasteiger partial charge is 0.287 e. The van der Waals surface area contributed by atoms with Gasteiger partial charge in [-0.1, -0.05) is 0 Å². The van der Waals surface area contributed by atoms with Gasteiger partial charge in [0.2, 0.25) is 11.2 Å². The third kappa shape index (κ3) is 1.41. The second-order valence-corrected chi connectivity index (χ2v) is 4.05. The minimum Gasteiger partial charge on any atom is -0.287 e. The molecule has 0 radical (unpaired) electrons. The van der Waals surface area contributed by atoms with Crippen molar-refractivity contribution in [2.75, 3.05) is 11.1 Å². The first-order chi connectivity index (χ1) is 6.18. The van der Waals surface area contributed by atoms with Crippen LogP contribution in [-0.4, -0.2) is 16.9 Å². The SMILES string of the molecule is CC(C)[n+]1noc2c1SCC(=O)N2. The van der Waals surface area contributed by atoms with Crippen molar-refractivity contribution >= 4 is 23.6 Å². The van der Waals surface area contributed by atoms with E-state index in [1.165, 1.54) is 11.8 Å². The molecule has 0 unspecified atom stereocenters. The quantitative estimate of drug-likeness (QED) is 0.674. The fourth-order valence-electron chi connectivity index (χ4n) is 1.10. The Morgan fingerprint density at radius 2 is 2.46 bits per heavy atom. The van der Waals surface area contributed by atoms with Crippen LogP contribution in [0.15, 0.2) is 9.55 Å². The van der Waals surface area contributed by atoms with Crippen LogP contribution < -0.4 is 10.00 Å². The Kier molecular flexibility index (Phi) is 1.99. The molecule has 2 heterocycles. The van der Waals surface area contributed by atoms with Gasteiger partial charge in [0, 0.05) is 13.8 Å². The van der Waals surface area contributed by atoms with Crippen LogP contribution in [0.5, 0.6) is 0 Å². The van der Waals surface area contributed by atoms with Gasteiger partial charge in [-0.3, -0.25) is 14.6 Å². The van der Waals surface area contributed by atoms with Gasteiger partial charge in [0.25, 0.3) is 0 Å². The fraction of sp³-hybridized carbons (Fsp3) is 0.571. The van der Waals surface area contributed by atoms with Crippen LogP contribution in [0.25, 0.3) is 0 Å². The zero-order chi connectivity index (χ0) is 9.42. The molecule has 1 N–H and O–H groups in total. The van der Waals surface area contributed by atoms with Gasteiger partial charge >= 0.3 is 10.9 Å². The zero-order valence-electron chi connectivity index (χ0n) is 7.40. The first-order valence-electron chi connectivity index (χ1n) is 4.02. The number of anilines is 1. The predicted molar refractivity (Wildman–Crippen MR) is 46.4 cm³/mol. The summed E-state index contributed by atoms with van der Waals surface area (Å²) < 4.78 is 6.74. The van der Waals surface area contributed by atoms with Gasteiger partial charge < -0.3 is 0 Å². The number of carbonyl (C=O) groups is 1. The summed E-state index contributed by atoms with van der Waals surface area (Å²) in [4.78, 5) is 11.0. The van der Waals surface area contributed by atoms with Crippen LogP contribution in [0.2, 0.25) is 0 Å². The maximum absolute atomic E-state index is 11.0. The maximum atomic E-state index is 11.0. The average molecular weight is 200 g/mol. The van der Waals surface area contributed by atoms with E-state index in [1.807, 2.05) is 13.8 Å². The third-order valence-electron chi connectivity index (χ3n) is 1.70. The van der Waals surface area contributed by atoms with Crippen molar-refractivity contribution in [2.24, 2.45) is 0 Å². The van der Waals surface area contributed by atoms with Gasteiger partial charge in [-0.2, -0.15) is 0 Å². The van der Waals surface area contributed by atoms with Gasteiger partial charge in [-0.15, -0.1) is 0 Å². The van der Waals surface area contributed by atoms with E-state index in [4.69, 9.17) is 4.52 Å². The summed E-state index contributed by atoms with van der Waals surface area (Å²) in [6.45, 7) is 4.03. The Morgan fingerprint density at radius 1 is 1.69 bits per heavy atom. The summed E-state index contributed by atoms with van der Waals surface area (Å²) in [6.07, 6.45) is 0. The summed E-state index contributed by atoms with van der Waals surface area (Å²) in [5.41, 5.74) is 0. The number of carbonyl (C=O) groups excluding carboxylic acids is 1. The second kappa shape index (κ2) is 3.02. The van der Waals surface area contributed by atoms with Gasteiger partial charge in [0.15, 0.2) is 6.04 Å². The Hall–Kier alpha value is -1.04. The topological polar surface area (TPSA) is 59.0 Å². The highest BCUT2D eigenvalue weighted by atomic mass is 32.2. The molecular formula is C7H10N3O2S+. The predicted octanol–water partition coefficient (Wildman–Crippen LogP) is 0.587. The van der Waals surface area contributed by atoms with Gasteiger partial charge in [-0.05, 0) is 16.4 Å². The van der Waals surface area contributed by atoms with E-state index in [-0.39, 0.29) is 11.9 Å². The van der Waals surface area contributed by atoms with E-state index in [0.29, 0.717) is 11.6 Å². The summed E-state index contributed by atoms with van der Waals surface area (Å²) in [5, 5.41) is 7.36. The standard InChI is InChI=1S/C7H9N3O2S/c1-4(2)10-7-6(12-9-10)8-5(11)3-13-7/h4H,3H2,1-2H3/p+1. The molecule has 1 aliphatic heterocycles. The molecule has 2 rings (SSSR count). The van der Waals surface area contributed by atoms with Crippen LogP contribution in [-0.2, 0) is 4.79 Å². The first-order valence-corrected chi connectivity index (χ1v) is 5.01. The monoisotopic (exact) mass is 200 g/mol. The molecule has 0 aliphatic carbocycles. The van der Waals surface area contributed by atoms with Gasteiger partial charge in [-0.25, -0.2) is 0 Å². The van der Waals surface area contributed by atoms with Crippen molar-refractivity contribution in [3.63, 3.8) is 0 Å². The number of nitrogens with one attached hydrogen (secondary N) is 1. The zero-order valence-corrected chi connectivity index (χ0v) is 8.22. The summed E-state index contributed by atoms with van der Waals surface area (Å²) >= 11 is 1.45. The number of nitrogens with zero attached hydrogens (tertiary/aromatic N) is 2. The number of rotatable bonds is 1. The molecule has 1 aromatic rings. The molecule has 70 valence electrons. The molecule has 1 aliphatic rings. The molecule has 0 bridgehead atoms. The lowest BCUT2D eigenvalue weighted by Gasteiger charge is -2.04. The minimum atomic E-state index is -0.0374. The highest BCUT2D eigenvalue weighted by Gasteiger charge is 2.32. The van der Waals surface area contributed by atoms with Gasteiger partial charge in [0.05, 0.1) is 5.75 Å². The normalized spacial score (nSPS) is 15.8. The molecule has 0 aromatic carbocycles. The summed E-state index contributed by atoms with van der Waals surface area (Å²) in [6, 6.07) is 0.245. The van der Waals surface area contributed by atoms with E-state index in [2.05, 4.69) is 10.6 Å². The number of aromatic nitrogens is 2. The minimum absolute atomic E-state index is 0.0374. The van der Waals surface area contributed by atoms with E-state index in [1.54, 1.807) is 4.68 Å². The highest BCUT2D eigenvalue weighted by molar-refractivity contribution is 8.00. The Bertz CT molecular complexity index is 348. The number of fused-ring (bicyclic) bond motifs is 1. The Labute approximate surface area is 79.4 Å². The molecular weight excluding hydrogens is 190 g/mol. The van der Waals surface area contributed by atoms with Crippen molar-refractivity contribution in [1.29, 1.82) is 0 Å². The lowest BCUT2D eigenvalue weighted by atomic mass is 10.4. The largest absolute Gasteiger partial charge is 0.333 e. The van der Waals surface area contributed by atoms with E-state index in [9.17, 15) is 4.79 Å². The van der Waals surface area contributed by atoms with Crippen LogP contribution >= 0.6 is 11.8 Å². The van der Waals surface area contributed by atoms with Crippen molar-refractivity contribution in [3.8, 4) is 0 Å². The maximum Gasteiger partial charge on any atom is 0.333 e. The van der Waals surface area contributed by atoms with Gasteiger partial charge in [0.1, 0.15) is 0 Å². The molecule has 5 nitrogen and oxygen atoms in total. The van der Waals surface area contributed by atoms with Crippen LogP contribution in [0.1, 0.15) is 19.9 Å². The first kappa shape index (κ1) is 8.55. The Morgan fingerprint density at radius 3 is 3.15 bits per heavy atom. The molecule has 13 heavy (non-hydrogen) atoms. The van der Waals surface area contributed by atoms with E-state index in [0.717, 1.165) is 5.03 Å². The lowest BCUT2D eigenvalue weighted by Crippen LogP contribution is -2.41. The highest BCUT2D eigenvalue weighted by Crippen LogP contribution is 2.28. The lowest BCUT2D eigenvalue weighted by molar-refractivity contribution is -0.809. The van der Waals surface area contributed by atoms with Crippen molar-refractivity contribution in [1.82, 2.24) is 5.27 Å². The summed E-state index contributed by atoms with van der Waals surface area (Å²) in [5.74, 6) is 0.862. The molecule has 1 aromatic heterocycles. The molecule has 0 saturated carbocycles. The molecule has 1 amide bonds. The molecule has 0 atom stereocenters. The van der Waals surface area contributed by atoms with E-state index < -0.39 is 0 Å². The van der Waals surface area contributed by atoms with Crippen LogP contribution in [0.4, 0.5) is 5.88 Å². The molecule has 0 fully saturated rings. The van der Waals surface area contributed by atoms with Crippen molar-refractivity contribution in [2.45, 2.75) is 24.9 Å². The van der Waals surface area contributed by atoms with Crippen LogP contribution in [0.3, 0.4) is 0 Å². The van der Waals surface area contributed by atoms with E-state index >= 15 is 0 Å². The average Bonchev–Trinajstić information content (AvgIpc) is 2.46. The summed E-state index contributed by atoms with van der Waals surface area (Å²) in [7, 11) is 0. The number of thioether (sulfide) groups is 1.